The zero-order valence-corrected chi connectivity index (χ0v) is 11.9. The van der Waals surface area contributed by atoms with Crippen LogP contribution >= 0.6 is 11.3 Å². The van der Waals surface area contributed by atoms with Gasteiger partial charge >= 0.3 is 0 Å². The number of thiazole rings is 1. The SMILES string of the molecule is O=C(CC1(n2cccc2)CCOCC1)Nc1nccs1. The van der Waals surface area contributed by atoms with Gasteiger partial charge in [-0.2, -0.15) is 0 Å². The lowest BCUT2D eigenvalue weighted by molar-refractivity contribution is -0.119. The summed E-state index contributed by atoms with van der Waals surface area (Å²) in [7, 11) is 0. The van der Waals surface area contributed by atoms with Crippen LogP contribution in [0.3, 0.4) is 0 Å². The maximum absolute atomic E-state index is 12.3. The third kappa shape index (κ3) is 2.76. The van der Waals surface area contributed by atoms with Crippen LogP contribution < -0.4 is 5.32 Å². The van der Waals surface area contributed by atoms with Gasteiger partial charge < -0.3 is 14.6 Å². The molecule has 5 nitrogen and oxygen atoms in total. The maximum atomic E-state index is 12.3. The predicted molar refractivity (Wildman–Crippen MR) is 77.8 cm³/mol. The standard InChI is InChI=1S/C14H17N3O2S/c18-12(16-13-15-5-10-20-13)11-14(3-8-19-9-4-14)17-6-1-2-7-17/h1-2,5-7,10H,3-4,8-9,11H2,(H,15,16,18). The Kier molecular flexibility index (Phi) is 3.84. The van der Waals surface area contributed by atoms with Crippen molar-refractivity contribution in [1.29, 1.82) is 0 Å². The second-order valence-electron chi connectivity index (χ2n) is 4.99. The lowest BCUT2D eigenvalue weighted by Gasteiger charge is -2.38. The molecule has 3 heterocycles. The Hall–Kier alpha value is -1.66. The van der Waals surface area contributed by atoms with Crippen molar-refractivity contribution in [1.82, 2.24) is 9.55 Å². The molecule has 0 saturated carbocycles. The van der Waals surface area contributed by atoms with Gasteiger partial charge in [-0.3, -0.25) is 4.79 Å². The lowest BCUT2D eigenvalue weighted by Crippen LogP contribution is -2.42. The number of hydrogen-bond acceptors (Lipinski definition) is 4. The summed E-state index contributed by atoms with van der Waals surface area (Å²) in [5.74, 6) is 0.00977. The third-order valence-corrected chi connectivity index (χ3v) is 4.43. The van der Waals surface area contributed by atoms with E-state index in [9.17, 15) is 4.79 Å². The van der Waals surface area contributed by atoms with Crippen LogP contribution in [-0.4, -0.2) is 28.7 Å². The van der Waals surface area contributed by atoms with Gasteiger partial charge in [-0.25, -0.2) is 4.98 Å². The highest BCUT2D eigenvalue weighted by Gasteiger charge is 2.36. The number of nitrogens with one attached hydrogen (secondary N) is 1. The van der Waals surface area contributed by atoms with Gasteiger partial charge in [0.2, 0.25) is 5.91 Å². The smallest absolute Gasteiger partial charge is 0.228 e. The zero-order valence-electron chi connectivity index (χ0n) is 11.1. The summed E-state index contributed by atoms with van der Waals surface area (Å²) in [6.45, 7) is 1.39. The number of amides is 1. The Bertz CT molecular complexity index is 545. The number of anilines is 1. The molecule has 6 heteroatoms. The molecule has 0 unspecified atom stereocenters. The van der Waals surface area contributed by atoms with Crippen molar-refractivity contribution in [3.8, 4) is 0 Å². The van der Waals surface area contributed by atoms with E-state index in [0.29, 0.717) is 24.8 Å². The molecular weight excluding hydrogens is 274 g/mol. The van der Waals surface area contributed by atoms with Crippen LogP contribution in [0.1, 0.15) is 19.3 Å². The molecule has 20 heavy (non-hydrogen) atoms. The van der Waals surface area contributed by atoms with Crippen molar-refractivity contribution in [3.63, 3.8) is 0 Å². The first-order chi connectivity index (χ1) is 9.78. The van der Waals surface area contributed by atoms with Gasteiger partial charge in [-0.1, -0.05) is 0 Å². The van der Waals surface area contributed by atoms with Gasteiger partial charge in [-0.05, 0) is 25.0 Å². The van der Waals surface area contributed by atoms with Crippen LogP contribution in [-0.2, 0) is 15.1 Å². The fourth-order valence-electron chi connectivity index (χ4n) is 2.68. The van der Waals surface area contributed by atoms with Crippen molar-refractivity contribution in [2.24, 2.45) is 0 Å². The number of carbonyl (C=O) groups is 1. The molecule has 1 N–H and O–H groups in total. The van der Waals surface area contributed by atoms with Crippen molar-refractivity contribution >= 4 is 22.4 Å². The van der Waals surface area contributed by atoms with E-state index in [1.807, 2.05) is 29.9 Å². The number of hydrogen-bond donors (Lipinski definition) is 1. The van der Waals surface area contributed by atoms with Gasteiger partial charge in [0.25, 0.3) is 0 Å². The zero-order chi connectivity index (χ0) is 13.8. The number of rotatable bonds is 4. The molecule has 3 rings (SSSR count). The molecular formula is C14H17N3O2S. The van der Waals surface area contributed by atoms with Crippen LogP contribution in [0.4, 0.5) is 5.13 Å². The fourth-order valence-corrected chi connectivity index (χ4v) is 3.22. The molecule has 1 aliphatic heterocycles. The topological polar surface area (TPSA) is 56.1 Å². The molecule has 0 spiro atoms. The van der Waals surface area contributed by atoms with Crippen molar-refractivity contribution in [2.45, 2.75) is 24.8 Å². The summed E-state index contributed by atoms with van der Waals surface area (Å²) in [5, 5.41) is 5.38. The first-order valence-corrected chi connectivity index (χ1v) is 7.57. The van der Waals surface area contributed by atoms with Crippen LogP contribution in [0, 0.1) is 0 Å². The highest BCUT2D eigenvalue weighted by atomic mass is 32.1. The van der Waals surface area contributed by atoms with Gasteiger partial charge in [0.1, 0.15) is 0 Å². The second-order valence-corrected chi connectivity index (χ2v) is 5.88. The van der Waals surface area contributed by atoms with Crippen LogP contribution in [0.2, 0.25) is 0 Å². The molecule has 1 amide bonds. The highest BCUT2D eigenvalue weighted by molar-refractivity contribution is 7.13. The van der Waals surface area contributed by atoms with E-state index >= 15 is 0 Å². The van der Waals surface area contributed by atoms with Crippen LogP contribution in [0.15, 0.2) is 36.1 Å². The minimum absolute atomic E-state index is 0.00977. The molecule has 1 fully saturated rings. The second kappa shape index (κ2) is 5.76. The maximum Gasteiger partial charge on any atom is 0.228 e. The van der Waals surface area contributed by atoms with E-state index in [2.05, 4.69) is 14.9 Å². The number of carbonyl (C=O) groups excluding carboxylic acids is 1. The van der Waals surface area contributed by atoms with Crippen molar-refractivity contribution in [3.05, 3.63) is 36.1 Å². The number of ether oxygens (including phenoxy) is 1. The predicted octanol–water partition coefficient (Wildman–Crippen LogP) is 2.48. The molecule has 2 aromatic rings. The molecule has 0 radical (unpaired) electrons. The first kappa shape index (κ1) is 13.3. The monoisotopic (exact) mass is 291 g/mol. The molecule has 0 aromatic carbocycles. The first-order valence-electron chi connectivity index (χ1n) is 6.69. The summed E-state index contributed by atoms with van der Waals surface area (Å²) in [5.41, 5.74) is -0.177. The third-order valence-electron chi connectivity index (χ3n) is 3.74. The molecule has 0 aliphatic carbocycles. The van der Waals surface area contributed by atoms with E-state index in [-0.39, 0.29) is 11.4 Å². The summed E-state index contributed by atoms with van der Waals surface area (Å²) in [6, 6.07) is 3.99. The molecule has 1 saturated heterocycles. The Morgan fingerprint density at radius 2 is 2.15 bits per heavy atom. The average molecular weight is 291 g/mol. The van der Waals surface area contributed by atoms with Gasteiger partial charge in [0.15, 0.2) is 5.13 Å². The fraction of sp³-hybridized carbons (Fsp3) is 0.429. The van der Waals surface area contributed by atoms with Gasteiger partial charge in [0, 0.05) is 37.2 Å². The number of aromatic nitrogens is 2. The van der Waals surface area contributed by atoms with E-state index < -0.39 is 0 Å². The minimum Gasteiger partial charge on any atom is -0.381 e. The molecule has 2 aromatic heterocycles. The van der Waals surface area contributed by atoms with Gasteiger partial charge in [-0.15, -0.1) is 11.3 Å². The quantitative estimate of drug-likeness (QED) is 0.941. The van der Waals surface area contributed by atoms with E-state index in [1.54, 1.807) is 6.20 Å². The Labute approximate surface area is 121 Å². The van der Waals surface area contributed by atoms with E-state index in [1.165, 1.54) is 11.3 Å². The van der Waals surface area contributed by atoms with Crippen molar-refractivity contribution in [2.75, 3.05) is 18.5 Å². The highest BCUT2D eigenvalue weighted by Crippen LogP contribution is 2.33. The largest absolute Gasteiger partial charge is 0.381 e. The van der Waals surface area contributed by atoms with Crippen LogP contribution in [0.5, 0.6) is 0 Å². The molecule has 0 atom stereocenters. The number of nitrogens with zero attached hydrogens (tertiary/aromatic N) is 2. The summed E-state index contributed by atoms with van der Waals surface area (Å²) < 4.78 is 7.60. The molecule has 1 aliphatic rings. The lowest BCUT2D eigenvalue weighted by atomic mass is 9.86. The Balaban J connectivity index is 1.75. The summed E-state index contributed by atoms with van der Waals surface area (Å²) >= 11 is 1.44. The van der Waals surface area contributed by atoms with E-state index in [4.69, 9.17) is 4.74 Å². The molecule has 0 bridgehead atoms. The summed E-state index contributed by atoms with van der Waals surface area (Å²) in [4.78, 5) is 16.4. The molecule has 106 valence electrons. The van der Waals surface area contributed by atoms with Crippen molar-refractivity contribution < 1.29 is 9.53 Å². The Morgan fingerprint density at radius 1 is 1.40 bits per heavy atom. The van der Waals surface area contributed by atoms with Gasteiger partial charge in [0.05, 0.1) is 12.0 Å². The van der Waals surface area contributed by atoms with E-state index in [0.717, 1.165) is 12.8 Å². The minimum atomic E-state index is -0.177. The Morgan fingerprint density at radius 3 is 2.80 bits per heavy atom. The summed E-state index contributed by atoms with van der Waals surface area (Å²) in [6.07, 6.45) is 7.91. The average Bonchev–Trinajstić information content (AvgIpc) is 3.12. The normalized spacial score (nSPS) is 17.8. The van der Waals surface area contributed by atoms with Crippen LogP contribution in [0.25, 0.3) is 0 Å².